The molecule has 0 aromatic heterocycles. The number of nitrogens with two attached hydrogens (primary N) is 1. The Balaban J connectivity index is -0.000000147. The molecular weight excluding hydrogens is 524 g/mol. The Kier molecular flexibility index (Phi) is 43.3. The first-order chi connectivity index (χ1) is 18.8. The smallest absolute Gasteiger partial charge is 0.304 e. The van der Waals surface area contributed by atoms with E-state index < -0.39 is 11.4 Å². The average Bonchev–Trinajstić information content (AvgIpc) is 2.93. The summed E-state index contributed by atoms with van der Waals surface area (Å²) in [7, 11) is 0. The van der Waals surface area contributed by atoms with Gasteiger partial charge in [0, 0.05) is 25.3 Å². The van der Waals surface area contributed by atoms with Gasteiger partial charge in [-0.2, -0.15) is 11.8 Å². The summed E-state index contributed by atoms with van der Waals surface area (Å²) in [6.07, 6.45) is 7.43. The van der Waals surface area contributed by atoms with E-state index in [4.69, 9.17) is 15.9 Å². The molecule has 0 saturated heterocycles. The lowest BCUT2D eigenvalue weighted by Gasteiger charge is -2.26. The van der Waals surface area contributed by atoms with E-state index in [2.05, 4.69) is 46.9 Å². The van der Waals surface area contributed by atoms with Crippen molar-refractivity contribution < 1.29 is 24.6 Å². The molecule has 7 nitrogen and oxygen atoms in total. The minimum Gasteiger partial charge on any atom is -0.481 e. The number of carbonyl (C=O) groups is 3. The number of primary amides is 1. The molecule has 0 aliphatic rings. The summed E-state index contributed by atoms with van der Waals surface area (Å²) in [6.45, 7) is 25.7. The van der Waals surface area contributed by atoms with Gasteiger partial charge >= 0.3 is 5.97 Å². The second-order valence-electron chi connectivity index (χ2n) is 10.2. The molecule has 0 bridgehead atoms. The second kappa shape index (κ2) is 35.7. The Morgan fingerprint density at radius 3 is 1.65 bits per heavy atom. The van der Waals surface area contributed by atoms with Gasteiger partial charge in [-0.25, -0.2) is 0 Å². The van der Waals surface area contributed by atoms with Crippen molar-refractivity contribution in [3.63, 3.8) is 0 Å². The van der Waals surface area contributed by atoms with E-state index in [0.29, 0.717) is 37.5 Å². The van der Waals surface area contributed by atoms with Gasteiger partial charge in [-0.1, -0.05) is 95.9 Å². The Labute approximate surface area is 253 Å². The SMILES string of the molecule is CC.CC.CC(C)CSCCC(=O)O.CCC(CC)(CCO)C(N)=O.CCC(CC)CCNC(=O)CCC(C)C. The quantitative estimate of drug-likeness (QED) is 0.119. The van der Waals surface area contributed by atoms with Gasteiger partial charge in [0.1, 0.15) is 0 Å². The highest BCUT2D eigenvalue weighted by Crippen LogP contribution is 2.29. The first kappa shape index (κ1) is 48.5. The first-order valence-corrected chi connectivity index (χ1v) is 17.0. The minimum atomic E-state index is -0.698. The topological polar surface area (TPSA) is 130 Å². The molecule has 244 valence electrons. The second-order valence-corrected chi connectivity index (χ2v) is 11.3. The molecule has 0 aromatic rings. The van der Waals surface area contributed by atoms with Crippen LogP contribution in [0.1, 0.15) is 141 Å². The Morgan fingerprint density at radius 2 is 1.35 bits per heavy atom. The van der Waals surface area contributed by atoms with E-state index in [-0.39, 0.29) is 24.8 Å². The van der Waals surface area contributed by atoms with Gasteiger partial charge in [0.25, 0.3) is 0 Å². The van der Waals surface area contributed by atoms with Crippen molar-refractivity contribution >= 4 is 29.5 Å². The van der Waals surface area contributed by atoms with E-state index >= 15 is 0 Å². The lowest BCUT2D eigenvalue weighted by atomic mass is 9.79. The van der Waals surface area contributed by atoms with Crippen molar-refractivity contribution in [2.24, 2.45) is 28.9 Å². The zero-order valence-corrected chi connectivity index (χ0v) is 29.3. The third kappa shape index (κ3) is 34.7. The fourth-order valence-electron chi connectivity index (χ4n) is 3.39. The molecule has 5 N–H and O–H groups in total. The predicted molar refractivity (Wildman–Crippen MR) is 177 cm³/mol. The third-order valence-corrected chi connectivity index (χ3v) is 7.75. The Morgan fingerprint density at radius 1 is 0.850 bits per heavy atom. The monoisotopic (exact) mass is 595 g/mol. The van der Waals surface area contributed by atoms with Crippen molar-refractivity contribution in [1.82, 2.24) is 5.32 Å². The van der Waals surface area contributed by atoms with E-state index in [9.17, 15) is 14.4 Å². The molecule has 0 unspecified atom stereocenters. The van der Waals surface area contributed by atoms with E-state index in [1.165, 1.54) is 12.8 Å². The zero-order valence-electron chi connectivity index (χ0n) is 28.5. The van der Waals surface area contributed by atoms with E-state index in [1.807, 2.05) is 41.5 Å². The van der Waals surface area contributed by atoms with Gasteiger partial charge < -0.3 is 21.3 Å². The number of carbonyl (C=O) groups excluding carboxylic acids is 2. The maximum Gasteiger partial charge on any atom is 0.304 e. The summed E-state index contributed by atoms with van der Waals surface area (Å²) < 4.78 is 0. The van der Waals surface area contributed by atoms with Crippen molar-refractivity contribution in [2.75, 3.05) is 24.7 Å². The average molecular weight is 595 g/mol. The van der Waals surface area contributed by atoms with Crippen molar-refractivity contribution in [3.8, 4) is 0 Å². The molecule has 8 heteroatoms. The standard InChI is InChI=1S/C13H27NO.C8H17NO2.C7H14O2S.2C2H6/c1-5-12(6-2)9-10-14-13(15)8-7-11(3)4;1-3-8(4-2,5-6-10)7(9)11;1-6(2)5-10-4-3-7(8)9;2*1-2/h11-12H,5-10H2,1-4H3,(H,14,15);10H,3-6H2,1-2H3,(H2,9,11);6H,3-5H2,1-2H3,(H,8,9);2*1-2H3. The molecule has 0 heterocycles. The molecular formula is C32H70N2O5S. The summed E-state index contributed by atoms with van der Waals surface area (Å²) in [4.78, 5) is 32.4. The van der Waals surface area contributed by atoms with Crippen LogP contribution in [0.25, 0.3) is 0 Å². The first-order valence-electron chi connectivity index (χ1n) is 15.8. The lowest BCUT2D eigenvalue weighted by Crippen LogP contribution is -2.36. The number of nitrogens with one attached hydrogen (secondary N) is 1. The molecule has 0 fully saturated rings. The van der Waals surface area contributed by atoms with Crippen molar-refractivity contribution in [3.05, 3.63) is 0 Å². The van der Waals surface area contributed by atoms with Gasteiger partial charge in [-0.05, 0) is 55.6 Å². The lowest BCUT2D eigenvalue weighted by molar-refractivity contribution is -0.136. The van der Waals surface area contributed by atoms with E-state index in [1.54, 1.807) is 11.8 Å². The van der Waals surface area contributed by atoms with Gasteiger partial charge in [0.2, 0.25) is 11.8 Å². The summed E-state index contributed by atoms with van der Waals surface area (Å²) in [5, 5.41) is 20.0. The summed E-state index contributed by atoms with van der Waals surface area (Å²) in [5.74, 6) is 3.09. The Hall–Kier alpha value is -1.28. The van der Waals surface area contributed by atoms with Crippen LogP contribution in [0.4, 0.5) is 0 Å². The number of hydrogen-bond donors (Lipinski definition) is 4. The van der Waals surface area contributed by atoms with Crippen molar-refractivity contribution in [2.45, 2.75) is 141 Å². The van der Waals surface area contributed by atoms with Gasteiger partial charge in [0.15, 0.2) is 0 Å². The molecule has 0 saturated carbocycles. The molecule has 0 atom stereocenters. The minimum absolute atomic E-state index is 0.0324. The number of carboxylic acids is 1. The maximum atomic E-state index is 11.4. The summed E-state index contributed by atoms with van der Waals surface area (Å²) in [5.41, 5.74) is 4.75. The third-order valence-electron chi connectivity index (χ3n) is 6.36. The van der Waals surface area contributed by atoms with Crippen LogP contribution in [0.15, 0.2) is 0 Å². The zero-order chi connectivity index (χ0) is 32.6. The van der Waals surface area contributed by atoms with Crippen LogP contribution in [0, 0.1) is 23.2 Å². The maximum absolute atomic E-state index is 11.4. The number of aliphatic hydroxyl groups is 1. The fraction of sp³-hybridized carbons (Fsp3) is 0.906. The highest BCUT2D eigenvalue weighted by atomic mass is 32.2. The number of hydrogen-bond acceptors (Lipinski definition) is 5. The molecule has 0 aliphatic heterocycles. The number of carboxylic acid groups (broad SMARTS) is 1. The van der Waals surface area contributed by atoms with Crippen LogP contribution in [-0.4, -0.2) is 52.7 Å². The molecule has 40 heavy (non-hydrogen) atoms. The predicted octanol–water partition coefficient (Wildman–Crippen LogP) is 7.93. The molecule has 0 aliphatic carbocycles. The molecule has 0 radical (unpaired) electrons. The molecule has 2 amide bonds. The van der Waals surface area contributed by atoms with Crippen LogP contribution in [-0.2, 0) is 14.4 Å². The van der Waals surface area contributed by atoms with Crippen LogP contribution in [0.3, 0.4) is 0 Å². The van der Waals surface area contributed by atoms with Crippen molar-refractivity contribution in [1.29, 1.82) is 0 Å². The fourth-order valence-corrected chi connectivity index (χ4v) is 4.35. The number of rotatable bonds is 18. The normalized spacial score (nSPS) is 10.2. The molecule has 0 aromatic carbocycles. The number of aliphatic carboxylic acids is 1. The highest BCUT2D eigenvalue weighted by Gasteiger charge is 2.31. The van der Waals surface area contributed by atoms with E-state index in [0.717, 1.165) is 36.8 Å². The summed E-state index contributed by atoms with van der Waals surface area (Å²) >= 11 is 1.71. The van der Waals surface area contributed by atoms with Crippen LogP contribution < -0.4 is 11.1 Å². The largest absolute Gasteiger partial charge is 0.481 e. The summed E-state index contributed by atoms with van der Waals surface area (Å²) in [6, 6.07) is 0. The van der Waals surface area contributed by atoms with Crippen LogP contribution >= 0.6 is 11.8 Å². The molecule has 0 spiro atoms. The number of thioether (sulfide) groups is 1. The molecule has 0 rings (SSSR count). The van der Waals surface area contributed by atoms with Crippen LogP contribution in [0.5, 0.6) is 0 Å². The highest BCUT2D eigenvalue weighted by molar-refractivity contribution is 7.99. The number of aliphatic hydroxyl groups excluding tert-OH is 1. The Bertz CT molecular complexity index is 549. The van der Waals surface area contributed by atoms with Crippen LogP contribution in [0.2, 0.25) is 0 Å². The van der Waals surface area contributed by atoms with Gasteiger partial charge in [0.05, 0.1) is 11.8 Å². The van der Waals surface area contributed by atoms with Gasteiger partial charge in [-0.3, -0.25) is 14.4 Å². The van der Waals surface area contributed by atoms with Gasteiger partial charge in [-0.15, -0.1) is 0 Å². The number of amides is 2.